The van der Waals surface area contributed by atoms with E-state index < -0.39 is 5.97 Å². The fraction of sp³-hybridized carbons (Fsp3) is 0.500. The molecule has 1 heterocycles. The maximum absolute atomic E-state index is 11.1. The topological polar surface area (TPSA) is 44.1 Å². The minimum absolute atomic E-state index is 0.336. The predicted octanol–water partition coefficient (Wildman–Crippen LogP) is 2.47. The van der Waals surface area contributed by atoms with Gasteiger partial charge < -0.3 is 9.30 Å². The van der Waals surface area contributed by atoms with Crippen molar-refractivity contribution < 1.29 is 9.53 Å². The summed E-state index contributed by atoms with van der Waals surface area (Å²) in [4.78, 5) is 15.3. The van der Waals surface area contributed by atoms with Crippen LogP contribution >= 0.6 is 0 Å². The van der Waals surface area contributed by atoms with E-state index in [0.717, 1.165) is 31.3 Å². The van der Waals surface area contributed by atoms with Crippen molar-refractivity contribution in [2.75, 3.05) is 0 Å². The van der Waals surface area contributed by atoms with Gasteiger partial charge in [-0.05, 0) is 13.3 Å². The minimum atomic E-state index is -0.419. The Balaban J connectivity index is 2.67. The summed E-state index contributed by atoms with van der Waals surface area (Å²) < 4.78 is 7.14. The molecule has 0 aliphatic carbocycles. The zero-order chi connectivity index (χ0) is 12.0. The molecule has 1 aromatic heterocycles. The monoisotopic (exact) mass is 222 g/mol. The molecule has 0 radical (unpaired) electrons. The van der Waals surface area contributed by atoms with E-state index in [-0.39, 0.29) is 6.10 Å². The van der Waals surface area contributed by atoms with Gasteiger partial charge >= 0.3 is 5.97 Å². The van der Waals surface area contributed by atoms with Crippen LogP contribution in [0.15, 0.2) is 25.0 Å². The average Bonchev–Trinajstić information content (AvgIpc) is 2.74. The number of hydrogen-bond donors (Lipinski definition) is 0. The highest BCUT2D eigenvalue weighted by Gasteiger charge is 2.14. The first kappa shape index (κ1) is 12.5. The molecule has 0 saturated carbocycles. The molecular weight excluding hydrogens is 204 g/mol. The summed E-state index contributed by atoms with van der Waals surface area (Å²) in [5, 5.41) is 0. The summed E-state index contributed by atoms with van der Waals surface area (Å²) in [6, 6.07) is 0. The maximum atomic E-state index is 11.1. The van der Waals surface area contributed by atoms with Crippen molar-refractivity contribution in [3.63, 3.8) is 0 Å². The highest BCUT2D eigenvalue weighted by atomic mass is 16.5. The molecule has 0 bridgehead atoms. The van der Waals surface area contributed by atoms with Crippen LogP contribution < -0.4 is 0 Å². The van der Waals surface area contributed by atoms with Gasteiger partial charge in [0.2, 0.25) is 0 Å². The van der Waals surface area contributed by atoms with E-state index >= 15 is 0 Å². The van der Waals surface area contributed by atoms with Gasteiger partial charge in [0, 0.05) is 25.0 Å². The highest BCUT2D eigenvalue weighted by Crippen LogP contribution is 2.15. The largest absolute Gasteiger partial charge is 0.451 e. The SMILES string of the molecule is C=CC(=O)OC(C)c1nccn1CCCC. The summed E-state index contributed by atoms with van der Waals surface area (Å²) in [6.07, 6.45) is 6.67. The van der Waals surface area contributed by atoms with Crippen LogP contribution in [0.5, 0.6) is 0 Å². The Morgan fingerprint density at radius 1 is 1.75 bits per heavy atom. The number of carbonyl (C=O) groups excluding carboxylic acids is 1. The minimum Gasteiger partial charge on any atom is -0.451 e. The van der Waals surface area contributed by atoms with Crippen LogP contribution in [0.4, 0.5) is 0 Å². The zero-order valence-corrected chi connectivity index (χ0v) is 9.85. The first-order valence-electron chi connectivity index (χ1n) is 5.53. The Kier molecular flexibility index (Phi) is 4.76. The lowest BCUT2D eigenvalue weighted by Crippen LogP contribution is -2.12. The fourth-order valence-electron chi connectivity index (χ4n) is 1.47. The van der Waals surface area contributed by atoms with Crippen molar-refractivity contribution in [1.29, 1.82) is 0 Å². The normalized spacial score (nSPS) is 12.1. The molecule has 1 aromatic rings. The van der Waals surface area contributed by atoms with E-state index in [0.29, 0.717) is 0 Å². The van der Waals surface area contributed by atoms with Gasteiger partial charge in [-0.25, -0.2) is 9.78 Å². The lowest BCUT2D eigenvalue weighted by molar-refractivity contribution is -0.142. The van der Waals surface area contributed by atoms with Crippen LogP contribution in [0, 0.1) is 0 Å². The smallest absolute Gasteiger partial charge is 0.330 e. The van der Waals surface area contributed by atoms with Crippen LogP contribution in [0.2, 0.25) is 0 Å². The number of imidazole rings is 1. The molecule has 0 aliphatic rings. The number of esters is 1. The lowest BCUT2D eigenvalue weighted by Gasteiger charge is -2.13. The predicted molar refractivity (Wildman–Crippen MR) is 61.8 cm³/mol. The average molecular weight is 222 g/mol. The van der Waals surface area contributed by atoms with Crippen molar-refractivity contribution in [3.8, 4) is 0 Å². The van der Waals surface area contributed by atoms with Crippen molar-refractivity contribution in [2.45, 2.75) is 39.3 Å². The van der Waals surface area contributed by atoms with Gasteiger partial charge in [0.25, 0.3) is 0 Å². The first-order valence-corrected chi connectivity index (χ1v) is 5.53. The van der Waals surface area contributed by atoms with E-state index in [4.69, 9.17) is 4.74 Å². The number of aryl methyl sites for hydroxylation is 1. The van der Waals surface area contributed by atoms with Crippen molar-refractivity contribution >= 4 is 5.97 Å². The third-order valence-corrected chi connectivity index (χ3v) is 2.32. The molecule has 1 unspecified atom stereocenters. The summed E-state index contributed by atoms with van der Waals surface area (Å²) in [5.41, 5.74) is 0. The van der Waals surface area contributed by atoms with Crippen LogP contribution in [0.1, 0.15) is 38.6 Å². The molecule has 0 fully saturated rings. The second-order valence-corrected chi connectivity index (χ2v) is 3.62. The number of rotatable bonds is 6. The maximum Gasteiger partial charge on any atom is 0.330 e. The zero-order valence-electron chi connectivity index (χ0n) is 9.85. The number of ether oxygens (including phenoxy) is 1. The third kappa shape index (κ3) is 3.22. The van der Waals surface area contributed by atoms with E-state index in [9.17, 15) is 4.79 Å². The van der Waals surface area contributed by atoms with E-state index in [1.165, 1.54) is 0 Å². The van der Waals surface area contributed by atoms with Crippen LogP contribution in [-0.2, 0) is 16.1 Å². The van der Waals surface area contributed by atoms with Gasteiger partial charge in [-0.1, -0.05) is 19.9 Å². The third-order valence-electron chi connectivity index (χ3n) is 2.32. The van der Waals surface area contributed by atoms with Gasteiger partial charge in [-0.3, -0.25) is 0 Å². The number of unbranched alkanes of at least 4 members (excludes halogenated alkanes) is 1. The molecular formula is C12H18N2O2. The first-order chi connectivity index (χ1) is 7.69. The molecule has 1 atom stereocenters. The number of hydrogen-bond acceptors (Lipinski definition) is 3. The van der Waals surface area contributed by atoms with E-state index in [1.54, 1.807) is 6.20 Å². The molecule has 4 nitrogen and oxygen atoms in total. The van der Waals surface area contributed by atoms with Gasteiger partial charge in [-0.2, -0.15) is 0 Å². The molecule has 0 spiro atoms. The summed E-state index contributed by atoms with van der Waals surface area (Å²) >= 11 is 0. The van der Waals surface area contributed by atoms with Gasteiger partial charge in [0.05, 0.1) is 0 Å². The van der Waals surface area contributed by atoms with Crippen molar-refractivity contribution in [3.05, 3.63) is 30.9 Å². The summed E-state index contributed by atoms with van der Waals surface area (Å²) in [5.74, 6) is 0.362. The summed E-state index contributed by atoms with van der Waals surface area (Å²) in [6.45, 7) is 8.22. The molecule has 16 heavy (non-hydrogen) atoms. The molecule has 0 aromatic carbocycles. The Labute approximate surface area is 95.9 Å². The number of nitrogens with zero attached hydrogens (tertiary/aromatic N) is 2. The van der Waals surface area contributed by atoms with Crippen LogP contribution in [0.25, 0.3) is 0 Å². The standard InChI is InChI=1S/C12H18N2O2/c1-4-6-8-14-9-7-13-12(14)10(3)16-11(15)5-2/h5,7,9-10H,2,4,6,8H2,1,3H3. The van der Waals surface area contributed by atoms with Gasteiger partial charge in [0.1, 0.15) is 5.82 Å². The van der Waals surface area contributed by atoms with Gasteiger partial charge in [0.15, 0.2) is 6.10 Å². The molecule has 0 saturated heterocycles. The molecule has 4 heteroatoms. The Morgan fingerprint density at radius 2 is 2.50 bits per heavy atom. The Morgan fingerprint density at radius 3 is 3.12 bits per heavy atom. The molecule has 0 aliphatic heterocycles. The fourth-order valence-corrected chi connectivity index (χ4v) is 1.47. The quantitative estimate of drug-likeness (QED) is 0.548. The molecule has 0 amide bonds. The lowest BCUT2D eigenvalue weighted by atomic mass is 10.3. The second kappa shape index (κ2) is 6.10. The van der Waals surface area contributed by atoms with Gasteiger partial charge in [-0.15, -0.1) is 0 Å². The van der Waals surface area contributed by atoms with E-state index in [2.05, 4.69) is 18.5 Å². The highest BCUT2D eigenvalue weighted by molar-refractivity contribution is 5.81. The molecule has 88 valence electrons. The van der Waals surface area contributed by atoms with E-state index in [1.807, 2.05) is 17.7 Å². The Bertz CT molecular complexity index is 358. The van der Waals surface area contributed by atoms with Crippen molar-refractivity contribution in [2.24, 2.45) is 0 Å². The number of carbonyl (C=O) groups is 1. The number of aromatic nitrogens is 2. The van der Waals surface area contributed by atoms with Crippen molar-refractivity contribution in [1.82, 2.24) is 9.55 Å². The Hall–Kier alpha value is -1.58. The summed E-state index contributed by atoms with van der Waals surface area (Å²) in [7, 11) is 0. The molecule has 0 N–H and O–H groups in total. The van der Waals surface area contributed by atoms with Crippen LogP contribution in [-0.4, -0.2) is 15.5 Å². The second-order valence-electron chi connectivity index (χ2n) is 3.62. The molecule has 1 rings (SSSR count). The van der Waals surface area contributed by atoms with Crippen LogP contribution in [0.3, 0.4) is 0 Å².